The normalized spacial score (nSPS) is 11.0. The number of benzene rings is 3. The van der Waals surface area contributed by atoms with Crippen LogP contribution in [0.15, 0.2) is 95.2 Å². The van der Waals surface area contributed by atoms with Crippen LogP contribution >= 0.6 is 11.8 Å². The number of thioether (sulfide) groups is 1. The second-order valence-electron chi connectivity index (χ2n) is 7.02. The van der Waals surface area contributed by atoms with Gasteiger partial charge in [0.2, 0.25) is 0 Å². The first-order valence-corrected chi connectivity index (χ1v) is 11.3. The summed E-state index contributed by atoms with van der Waals surface area (Å²) < 4.78 is 1.96. The van der Waals surface area contributed by atoms with Crippen LogP contribution in [0.1, 0.15) is 18.1 Å². The zero-order chi connectivity index (χ0) is 22.2. The number of aryl methyl sites for hydroxylation is 1. The van der Waals surface area contributed by atoms with E-state index in [1.165, 1.54) is 17.3 Å². The van der Waals surface area contributed by atoms with E-state index in [0.717, 1.165) is 29.1 Å². The Kier molecular flexibility index (Phi) is 7.09. The van der Waals surface area contributed by atoms with Crippen LogP contribution in [0.5, 0.6) is 0 Å². The molecular weight excluding hydrogens is 418 g/mol. The summed E-state index contributed by atoms with van der Waals surface area (Å²) in [6.45, 7) is 2.11. The van der Waals surface area contributed by atoms with Crippen LogP contribution in [-0.4, -0.2) is 32.6 Å². The Hall–Kier alpha value is -3.71. The molecule has 4 rings (SSSR count). The lowest BCUT2D eigenvalue weighted by Gasteiger charge is -2.10. The first kappa shape index (κ1) is 21.5. The van der Waals surface area contributed by atoms with Gasteiger partial charge in [-0.25, -0.2) is 5.43 Å². The summed E-state index contributed by atoms with van der Waals surface area (Å²) in [5, 5.41) is 13.4. The quantitative estimate of drug-likeness (QED) is 0.244. The molecule has 0 unspecified atom stereocenters. The standard InChI is InChI=1S/C25H23N5OS/c1-2-19-13-15-20(16-14-19)17-26-27-23(31)18-32-25-29-28-24(21-9-5-3-6-10-21)30(25)22-11-7-4-8-12-22/h3-17H,2,18H2,1H3,(H,27,31)/b26-17+. The van der Waals surface area contributed by atoms with Crippen molar-refractivity contribution in [3.05, 3.63) is 96.1 Å². The van der Waals surface area contributed by atoms with Gasteiger partial charge in [0.05, 0.1) is 12.0 Å². The summed E-state index contributed by atoms with van der Waals surface area (Å²) >= 11 is 1.32. The zero-order valence-electron chi connectivity index (χ0n) is 17.7. The van der Waals surface area contributed by atoms with Crippen LogP contribution in [0.25, 0.3) is 17.1 Å². The summed E-state index contributed by atoms with van der Waals surface area (Å²) in [5.74, 6) is 0.694. The highest BCUT2D eigenvalue weighted by Crippen LogP contribution is 2.27. The molecule has 0 fully saturated rings. The minimum absolute atomic E-state index is 0.172. The highest BCUT2D eigenvalue weighted by atomic mass is 32.2. The molecule has 0 bridgehead atoms. The van der Waals surface area contributed by atoms with E-state index in [1.54, 1.807) is 6.21 Å². The Morgan fingerprint density at radius 2 is 1.66 bits per heavy atom. The van der Waals surface area contributed by atoms with Crippen molar-refractivity contribution in [1.29, 1.82) is 0 Å². The third kappa shape index (κ3) is 5.31. The van der Waals surface area contributed by atoms with Gasteiger partial charge in [-0.05, 0) is 29.7 Å². The molecule has 0 saturated heterocycles. The van der Waals surface area contributed by atoms with Crippen molar-refractivity contribution in [3.63, 3.8) is 0 Å². The van der Waals surface area contributed by atoms with E-state index < -0.39 is 0 Å². The number of nitrogens with one attached hydrogen (secondary N) is 1. The summed E-state index contributed by atoms with van der Waals surface area (Å²) in [4.78, 5) is 12.3. The maximum Gasteiger partial charge on any atom is 0.250 e. The minimum Gasteiger partial charge on any atom is -0.272 e. The largest absolute Gasteiger partial charge is 0.272 e. The maximum absolute atomic E-state index is 12.3. The van der Waals surface area contributed by atoms with E-state index in [2.05, 4.69) is 39.8 Å². The second-order valence-corrected chi connectivity index (χ2v) is 7.96. The van der Waals surface area contributed by atoms with Gasteiger partial charge in [-0.3, -0.25) is 9.36 Å². The Bertz CT molecular complexity index is 1190. The summed E-state index contributed by atoms with van der Waals surface area (Å²) in [7, 11) is 0. The highest BCUT2D eigenvalue weighted by Gasteiger charge is 2.16. The molecule has 1 N–H and O–H groups in total. The van der Waals surface area contributed by atoms with Crippen LogP contribution in [-0.2, 0) is 11.2 Å². The summed E-state index contributed by atoms with van der Waals surface area (Å²) in [5.41, 5.74) is 6.68. The van der Waals surface area contributed by atoms with Gasteiger partial charge in [0, 0.05) is 11.3 Å². The Morgan fingerprint density at radius 3 is 2.34 bits per heavy atom. The predicted octanol–water partition coefficient (Wildman–Crippen LogP) is 4.74. The molecule has 160 valence electrons. The molecule has 0 aliphatic heterocycles. The zero-order valence-corrected chi connectivity index (χ0v) is 18.5. The molecule has 1 amide bonds. The molecule has 0 aliphatic rings. The van der Waals surface area contributed by atoms with E-state index in [9.17, 15) is 4.79 Å². The Labute approximate surface area is 191 Å². The van der Waals surface area contributed by atoms with Gasteiger partial charge in [-0.15, -0.1) is 10.2 Å². The number of rotatable bonds is 8. The summed E-state index contributed by atoms with van der Waals surface area (Å²) in [6.07, 6.45) is 2.63. The first-order valence-electron chi connectivity index (χ1n) is 10.3. The molecule has 0 saturated carbocycles. The van der Waals surface area contributed by atoms with Crippen molar-refractivity contribution in [2.75, 3.05) is 5.75 Å². The van der Waals surface area contributed by atoms with Gasteiger partial charge in [-0.1, -0.05) is 91.5 Å². The SMILES string of the molecule is CCc1ccc(/C=N/NC(=O)CSc2nnc(-c3ccccc3)n2-c2ccccc2)cc1. The van der Waals surface area contributed by atoms with E-state index in [4.69, 9.17) is 0 Å². The molecular formula is C25H23N5OS. The lowest BCUT2D eigenvalue weighted by atomic mass is 10.1. The molecule has 3 aromatic carbocycles. The number of nitrogens with zero attached hydrogens (tertiary/aromatic N) is 4. The molecule has 0 aliphatic carbocycles. The van der Waals surface area contributed by atoms with Crippen LogP contribution < -0.4 is 5.43 Å². The molecule has 7 heteroatoms. The number of hydrazone groups is 1. The number of aromatic nitrogens is 3. The topological polar surface area (TPSA) is 72.2 Å². The van der Waals surface area contributed by atoms with Gasteiger partial charge in [-0.2, -0.15) is 5.10 Å². The molecule has 1 aromatic heterocycles. The number of amides is 1. The predicted molar refractivity (Wildman–Crippen MR) is 129 cm³/mol. The molecule has 4 aromatic rings. The average molecular weight is 442 g/mol. The van der Waals surface area contributed by atoms with E-state index in [-0.39, 0.29) is 11.7 Å². The molecule has 6 nitrogen and oxygen atoms in total. The van der Waals surface area contributed by atoms with Crippen molar-refractivity contribution in [1.82, 2.24) is 20.2 Å². The van der Waals surface area contributed by atoms with Gasteiger partial charge in [0.1, 0.15) is 0 Å². The lowest BCUT2D eigenvalue weighted by Crippen LogP contribution is -2.20. The van der Waals surface area contributed by atoms with Crippen molar-refractivity contribution in [2.24, 2.45) is 5.10 Å². The van der Waals surface area contributed by atoms with E-state index in [1.807, 2.05) is 77.4 Å². The first-order chi connectivity index (χ1) is 15.7. The average Bonchev–Trinajstić information content (AvgIpc) is 3.28. The molecule has 0 spiro atoms. The van der Waals surface area contributed by atoms with Crippen molar-refractivity contribution in [3.8, 4) is 17.1 Å². The van der Waals surface area contributed by atoms with Gasteiger partial charge in [0.15, 0.2) is 11.0 Å². The Morgan fingerprint density at radius 1 is 0.969 bits per heavy atom. The maximum atomic E-state index is 12.3. The van der Waals surface area contributed by atoms with Crippen molar-refractivity contribution in [2.45, 2.75) is 18.5 Å². The van der Waals surface area contributed by atoms with Crippen LogP contribution in [0.4, 0.5) is 0 Å². The number of carbonyl (C=O) groups is 1. The number of carbonyl (C=O) groups excluding carboxylic acids is 1. The van der Waals surface area contributed by atoms with Crippen molar-refractivity contribution >= 4 is 23.9 Å². The fraction of sp³-hybridized carbons (Fsp3) is 0.120. The third-order valence-corrected chi connectivity index (χ3v) is 5.73. The third-order valence-electron chi connectivity index (χ3n) is 4.80. The van der Waals surface area contributed by atoms with Gasteiger partial charge >= 0.3 is 0 Å². The lowest BCUT2D eigenvalue weighted by molar-refractivity contribution is -0.118. The van der Waals surface area contributed by atoms with Crippen LogP contribution in [0.3, 0.4) is 0 Å². The highest BCUT2D eigenvalue weighted by molar-refractivity contribution is 7.99. The minimum atomic E-state index is -0.208. The summed E-state index contributed by atoms with van der Waals surface area (Å²) in [6, 6.07) is 27.8. The van der Waals surface area contributed by atoms with Crippen molar-refractivity contribution < 1.29 is 4.79 Å². The monoisotopic (exact) mass is 441 g/mol. The van der Waals surface area contributed by atoms with Crippen LogP contribution in [0, 0.1) is 0 Å². The fourth-order valence-electron chi connectivity index (χ4n) is 3.13. The number of para-hydroxylation sites is 1. The Balaban J connectivity index is 1.45. The smallest absolute Gasteiger partial charge is 0.250 e. The molecule has 1 heterocycles. The van der Waals surface area contributed by atoms with Crippen LogP contribution in [0.2, 0.25) is 0 Å². The van der Waals surface area contributed by atoms with Gasteiger partial charge < -0.3 is 0 Å². The molecule has 0 radical (unpaired) electrons. The fourth-order valence-corrected chi connectivity index (χ4v) is 3.87. The second kappa shape index (κ2) is 10.5. The number of hydrogen-bond donors (Lipinski definition) is 1. The van der Waals surface area contributed by atoms with E-state index in [0.29, 0.717) is 5.16 Å². The molecule has 32 heavy (non-hydrogen) atoms. The molecule has 0 atom stereocenters. The number of hydrogen-bond acceptors (Lipinski definition) is 5. The van der Waals surface area contributed by atoms with E-state index >= 15 is 0 Å². The van der Waals surface area contributed by atoms with Gasteiger partial charge in [0.25, 0.3) is 5.91 Å².